The number of benzene rings is 2. The number of rotatable bonds is 5. The van der Waals surface area contributed by atoms with E-state index in [1.165, 1.54) is 6.21 Å². The standard InChI is InChI=1S/C19H17Cl2N3O2/c1-12(2)17(23-18(25)13-7-4-3-5-8-13)19(26)24-22-11-14-9-6-10-15(20)16(14)21/h3-11H,1-2H3,(H,23,25)(H,24,26)/b22-11+. The minimum absolute atomic E-state index is 0.133. The van der Waals surface area contributed by atoms with Crippen LogP contribution in [0.25, 0.3) is 0 Å². The van der Waals surface area contributed by atoms with Crippen molar-refractivity contribution in [3.05, 3.63) is 81.0 Å². The number of nitrogens with zero attached hydrogens (tertiary/aromatic N) is 1. The van der Waals surface area contributed by atoms with E-state index in [0.29, 0.717) is 26.7 Å². The second kappa shape index (κ2) is 9.17. The summed E-state index contributed by atoms with van der Waals surface area (Å²) in [5.74, 6) is -0.914. The molecule has 7 heteroatoms. The monoisotopic (exact) mass is 389 g/mol. The summed E-state index contributed by atoms with van der Waals surface area (Å²) in [6.45, 7) is 3.44. The Balaban J connectivity index is 2.07. The van der Waals surface area contributed by atoms with E-state index < -0.39 is 5.91 Å². The minimum atomic E-state index is -0.538. The highest BCUT2D eigenvalue weighted by Crippen LogP contribution is 2.24. The molecule has 0 aromatic heterocycles. The number of amides is 2. The zero-order chi connectivity index (χ0) is 19.1. The van der Waals surface area contributed by atoms with E-state index >= 15 is 0 Å². The van der Waals surface area contributed by atoms with Gasteiger partial charge in [0, 0.05) is 11.1 Å². The van der Waals surface area contributed by atoms with Gasteiger partial charge in [0.15, 0.2) is 0 Å². The lowest BCUT2D eigenvalue weighted by Gasteiger charge is -2.10. The van der Waals surface area contributed by atoms with E-state index in [1.54, 1.807) is 62.4 Å². The SMILES string of the molecule is CC(C)=C(NC(=O)c1ccccc1)C(=O)N/N=C/c1cccc(Cl)c1Cl. The van der Waals surface area contributed by atoms with Gasteiger partial charge in [-0.3, -0.25) is 9.59 Å². The molecule has 134 valence electrons. The predicted octanol–water partition coefficient (Wildman–Crippen LogP) is 4.17. The van der Waals surface area contributed by atoms with Crippen molar-refractivity contribution in [1.82, 2.24) is 10.7 Å². The number of halogens is 2. The largest absolute Gasteiger partial charge is 0.317 e. The van der Waals surface area contributed by atoms with E-state index in [-0.39, 0.29) is 11.6 Å². The first-order chi connectivity index (χ1) is 12.4. The van der Waals surface area contributed by atoms with E-state index in [2.05, 4.69) is 15.8 Å². The highest BCUT2D eigenvalue weighted by molar-refractivity contribution is 6.43. The molecule has 2 rings (SSSR count). The average Bonchev–Trinajstić information content (AvgIpc) is 2.63. The Kier molecular flexibility index (Phi) is 6.95. The number of hydrazone groups is 1. The topological polar surface area (TPSA) is 70.6 Å². The van der Waals surface area contributed by atoms with Crippen LogP contribution in [0.2, 0.25) is 10.0 Å². The zero-order valence-corrected chi connectivity index (χ0v) is 15.7. The fourth-order valence-corrected chi connectivity index (χ4v) is 2.38. The highest BCUT2D eigenvalue weighted by Gasteiger charge is 2.15. The normalized spacial score (nSPS) is 10.5. The molecule has 2 aromatic carbocycles. The lowest BCUT2D eigenvalue weighted by atomic mass is 10.2. The summed E-state index contributed by atoms with van der Waals surface area (Å²) in [5.41, 5.74) is 4.16. The molecule has 0 atom stereocenters. The number of carbonyl (C=O) groups excluding carboxylic acids is 2. The van der Waals surface area contributed by atoms with Crippen molar-refractivity contribution in [1.29, 1.82) is 0 Å². The summed E-state index contributed by atoms with van der Waals surface area (Å²) in [7, 11) is 0. The van der Waals surface area contributed by atoms with Crippen molar-refractivity contribution >= 4 is 41.2 Å². The molecule has 0 bridgehead atoms. The van der Waals surface area contributed by atoms with Gasteiger partial charge < -0.3 is 5.32 Å². The van der Waals surface area contributed by atoms with Crippen LogP contribution in [0.5, 0.6) is 0 Å². The van der Waals surface area contributed by atoms with Crippen LogP contribution in [0.1, 0.15) is 29.8 Å². The van der Waals surface area contributed by atoms with Gasteiger partial charge in [0.05, 0.1) is 16.3 Å². The molecule has 0 aliphatic carbocycles. The molecule has 0 unspecified atom stereocenters. The van der Waals surface area contributed by atoms with Crippen molar-refractivity contribution in [2.45, 2.75) is 13.8 Å². The molecule has 0 aliphatic heterocycles. The summed E-state index contributed by atoms with van der Waals surface area (Å²) in [6, 6.07) is 13.7. The van der Waals surface area contributed by atoms with Crippen molar-refractivity contribution in [3.63, 3.8) is 0 Å². The number of allylic oxidation sites excluding steroid dienone is 1. The summed E-state index contributed by atoms with van der Waals surface area (Å²) in [6.07, 6.45) is 1.38. The quantitative estimate of drug-likeness (QED) is 0.457. The average molecular weight is 390 g/mol. The molecule has 0 heterocycles. The number of hydrogen-bond acceptors (Lipinski definition) is 3. The molecular formula is C19H17Cl2N3O2. The molecule has 5 nitrogen and oxygen atoms in total. The van der Waals surface area contributed by atoms with E-state index in [0.717, 1.165) is 0 Å². The highest BCUT2D eigenvalue weighted by atomic mass is 35.5. The van der Waals surface area contributed by atoms with Crippen LogP contribution < -0.4 is 10.7 Å². The van der Waals surface area contributed by atoms with Crippen LogP contribution in [0, 0.1) is 0 Å². The van der Waals surface area contributed by atoms with Gasteiger partial charge >= 0.3 is 0 Å². The fraction of sp³-hybridized carbons (Fsp3) is 0.105. The lowest BCUT2D eigenvalue weighted by Crippen LogP contribution is -2.33. The maximum Gasteiger partial charge on any atom is 0.287 e. The smallest absolute Gasteiger partial charge is 0.287 e. The molecule has 0 fully saturated rings. The van der Waals surface area contributed by atoms with Gasteiger partial charge in [-0.2, -0.15) is 5.10 Å². The Hall–Kier alpha value is -2.63. The van der Waals surface area contributed by atoms with E-state index in [1.807, 2.05) is 0 Å². The summed E-state index contributed by atoms with van der Waals surface area (Å²) < 4.78 is 0. The Morgan fingerprint density at radius 1 is 1.00 bits per heavy atom. The van der Waals surface area contributed by atoms with Crippen LogP contribution in [0.4, 0.5) is 0 Å². The molecule has 2 N–H and O–H groups in total. The van der Waals surface area contributed by atoms with Crippen LogP contribution in [-0.4, -0.2) is 18.0 Å². The first kappa shape index (κ1) is 19.7. The summed E-state index contributed by atoms with van der Waals surface area (Å²) in [4.78, 5) is 24.6. The maximum atomic E-state index is 12.3. The number of hydrogen-bond donors (Lipinski definition) is 2. The third-order valence-corrected chi connectivity index (χ3v) is 4.19. The zero-order valence-electron chi connectivity index (χ0n) is 14.2. The number of nitrogens with one attached hydrogen (secondary N) is 2. The van der Waals surface area contributed by atoms with E-state index in [4.69, 9.17) is 23.2 Å². The van der Waals surface area contributed by atoms with Gasteiger partial charge in [0.25, 0.3) is 11.8 Å². The fourth-order valence-electron chi connectivity index (χ4n) is 2.02. The Morgan fingerprint density at radius 3 is 2.35 bits per heavy atom. The van der Waals surface area contributed by atoms with Gasteiger partial charge in [0.2, 0.25) is 0 Å². The van der Waals surface area contributed by atoms with Gasteiger partial charge in [0.1, 0.15) is 5.70 Å². The summed E-state index contributed by atoms with van der Waals surface area (Å²) in [5, 5.41) is 7.21. The second-order valence-electron chi connectivity index (χ2n) is 5.54. The second-order valence-corrected chi connectivity index (χ2v) is 6.32. The van der Waals surface area contributed by atoms with E-state index in [9.17, 15) is 9.59 Å². The molecule has 0 radical (unpaired) electrons. The Labute approximate surface area is 161 Å². The van der Waals surface area contributed by atoms with Gasteiger partial charge in [-0.15, -0.1) is 0 Å². The van der Waals surface area contributed by atoms with Crippen molar-refractivity contribution in [3.8, 4) is 0 Å². The van der Waals surface area contributed by atoms with Crippen LogP contribution in [0.3, 0.4) is 0 Å². The lowest BCUT2D eigenvalue weighted by molar-refractivity contribution is -0.117. The first-order valence-corrected chi connectivity index (χ1v) is 8.47. The number of carbonyl (C=O) groups is 2. The molecule has 2 amide bonds. The molecule has 0 spiro atoms. The molecule has 0 aliphatic rings. The molecule has 2 aromatic rings. The minimum Gasteiger partial charge on any atom is -0.317 e. The maximum absolute atomic E-state index is 12.3. The van der Waals surface area contributed by atoms with Crippen molar-refractivity contribution in [2.75, 3.05) is 0 Å². The molecule has 0 saturated heterocycles. The predicted molar refractivity (Wildman–Crippen MR) is 104 cm³/mol. The third kappa shape index (κ3) is 5.18. The van der Waals surface area contributed by atoms with Crippen LogP contribution >= 0.6 is 23.2 Å². The van der Waals surface area contributed by atoms with Crippen molar-refractivity contribution < 1.29 is 9.59 Å². The van der Waals surface area contributed by atoms with Gasteiger partial charge in [-0.1, -0.05) is 53.5 Å². The Bertz CT molecular complexity index is 874. The Morgan fingerprint density at radius 2 is 1.69 bits per heavy atom. The van der Waals surface area contributed by atoms with Crippen molar-refractivity contribution in [2.24, 2.45) is 5.10 Å². The van der Waals surface area contributed by atoms with Gasteiger partial charge in [-0.25, -0.2) is 5.43 Å². The molecule has 0 saturated carbocycles. The van der Waals surface area contributed by atoms with Crippen LogP contribution in [-0.2, 0) is 4.79 Å². The molecular weight excluding hydrogens is 373 g/mol. The summed E-state index contributed by atoms with van der Waals surface area (Å²) >= 11 is 12.0. The molecule has 26 heavy (non-hydrogen) atoms. The first-order valence-electron chi connectivity index (χ1n) is 7.71. The third-order valence-electron chi connectivity index (χ3n) is 3.35. The van der Waals surface area contributed by atoms with Gasteiger partial charge in [-0.05, 0) is 37.6 Å². The van der Waals surface area contributed by atoms with Crippen LogP contribution in [0.15, 0.2) is 64.9 Å².